The molecule has 1 aliphatic heterocycles. The zero-order valence-corrected chi connectivity index (χ0v) is 12.5. The molecule has 0 radical (unpaired) electrons. The van der Waals surface area contributed by atoms with Crippen LogP contribution in [0.2, 0.25) is 10.0 Å². The second kappa shape index (κ2) is 5.79. The van der Waals surface area contributed by atoms with Crippen molar-refractivity contribution in [2.75, 3.05) is 19.6 Å². The summed E-state index contributed by atoms with van der Waals surface area (Å²) in [5.41, 5.74) is 1.40. The standard InChI is InChI=1S/C14H20Cl2N2/c1-14(2)10-18(7-3-6-17-14)9-11-4-5-12(15)13(16)8-11/h4-5,8,17H,3,6-7,9-10H2,1-2H3. The molecular formula is C14H20Cl2N2. The third-order valence-electron chi connectivity index (χ3n) is 3.26. The van der Waals surface area contributed by atoms with E-state index in [0.29, 0.717) is 10.0 Å². The van der Waals surface area contributed by atoms with E-state index in [1.807, 2.05) is 12.1 Å². The van der Waals surface area contributed by atoms with Crippen LogP contribution in [-0.4, -0.2) is 30.1 Å². The fraction of sp³-hybridized carbons (Fsp3) is 0.571. The summed E-state index contributed by atoms with van der Waals surface area (Å²) >= 11 is 12.0. The average Bonchev–Trinajstić information content (AvgIpc) is 2.44. The minimum atomic E-state index is 0.173. The molecule has 2 rings (SSSR count). The van der Waals surface area contributed by atoms with Crippen LogP contribution in [0.4, 0.5) is 0 Å². The molecule has 18 heavy (non-hydrogen) atoms. The highest BCUT2D eigenvalue weighted by molar-refractivity contribution is 6.42. The molecule has 1 saturated heterocycles. The maximum atomic E-state index is 6.06. The van der Waals surface area contributed by atoms with Crippen LogP contribution >= 0.6 is 23.2 Å². The summed E-state index contributed by atoms with van der Waals surface area (Å²) in [6.07, 6.45) is 1.19. The second-order valence-electron chi connectivity index (χ2n) is 5.62. The van der Waals surface area contributed by atoms with Crippen molar-refractivity contribution < 1.29 is 0 Å². The first-order valence-corrected chi connectivity index (χ1v) is 7.13. The van der Waals surface area contributed by atoms with Gasteiger partial charge in [-0.3, -0.25) is 4.90 Å². The number of hydrogen-bond acceptors (Lipinski definition) is 2. The van der Waals surface area contributed by atoms with Gasteiger partial charge in [0.05, 0.1) is 10.0 Å². The third-order valence-corrected chi connectivity index (χ3v) is 4.00. The Balaban J connectivity index is 2.05. The van der Waals surface area contributed by atoms with Crippen molar-refractivity contribution in [1.82, 2.24) is 10.2 Å². The molecule has 4 heteroatoms. The lowest BCUT2D eigenvalue weighted by molar-refractivity contribution is 0.224. The second-order valence-corrected chi connectivity index (χ2v) is 6.44. The van der Waals surface area contributed by atoms with Gasteiger partial charge in [-0.25, -0.2) is 0 Å². The first-order valence-electron chi connectivity index (χ1n) is 6.38. The normalized spacial score (nSPS) is 20.7. The maximum absolute atomic E-state index is 6.06. The highest BCUT2D eigenvalue weighted by Gasteiger charge is 2.23. The lowest BCUT2D eigenvalue weighted by atomic mass is 10.1. The highest BCUT2D eigenvalue weighted by Crippen LogP contribution is 2.24. The molecule has 1 heterocycles. The first-order chi connectivity index (χ1) is 8.46. The van der Waals surface area contributed by atoms with Gasteiger partial charge in [0.2, 0.25) is 0 Å². The fourth-order valence-corrected chi connectivity index (χ4v) is 2.78. The van der Waals surface area contributed by atoms with E-state index >= 15 is 0 Å². The van der Waals surface area contributed by atoms with Crippen LogP contribution in [0.1, 0.15) is 25.8 Å². The van der Waals surface area contributed by atoms with E-state index in [9.17, 15) is 0 Å². The van der Waals surface area contributed by atoms with E-state index in [1.54, 1.807) is 0 Å². The predicted octanol–water partition coefficient (Wildman–Crippen LogP) is 3.57. The molecule has 2 nitrogen and oxygen atoms in total. The summed E-state index contributed by atoms with van der Waals surface area (Å²) in [6.45, 7) is 8.69. The van der Waals surface area contributed by atoms with Gasteiger partial charge >= 0.3 is 0 Å². The summed E-state index contributed by atoms with van der Waals surface area (Å²) in [5, 5.41) is 4.83. The van der Waals surface area contributed by atoms with Crippen molar-refractivity contribution >= 4 is 23.2 Å². The zero-order chi connectivity index (χ0) is 13.2. The molecule has 1 aromatic rings. The van der Waals surface area contributed by atoms with Crippen LogP contribution in [0.5, 0.6) is 0 Å². The van der Waals surface area contributed by atoms with E-state index in [4.69, 9.17) is 23.2 Å². The Bertz CT molecular complexity index is 418. The van der Waals surface area contributed by atoms with Gasteiger partial charge in [0.25, 0.3) is 0 Å². The predicted molar refractivity (Wildman–Crippen MR) is 78.4 cm³/mol. The molecule has 0 bridgehead atoms. The summed E-state index contributed by atoms with van der Waals surface area (Å²) < 4.78 is 0. The number of benzene rings is 1. The SMILES string of the molecule is CC1(C)CN(Cc2ccc(Cl)c(Cl)c2)CCCN1. The minimum absolute atomic E-state index is 0.173. The number of nitrogens with one attached hydrogen (secondary N) is 1. The molecule has 100 valence electrons. The van der Waals surface area contributed by atoms with Crippen molar-refractivity contribution in [1.29, 1.82) is 0 Å². The van der Waals surface area contributed by atoms with Crippen LogP contribution in [0, 0.1) is 0 Å². The molecular weight excluding hydrogens is 267 g/mol. The summed E-state index contributed by atoms with van der Waals surface area (Å²) in [7, 11) is 0. The van der Waals surface area contributed by atoms with Crippen molar-refractivity contribution in [2.45, 2.75) is 32.4 Å². The molecule has 1 N–H and O–H groups in total. The molecule has 0 amide bonds. The molecule has 0 unspecified atom stereocenters. The van der Waals surface area contributed by atoms with Gasteiger partial charge in [0.1, 0.15) is 0 Å². The third kappa shape index (κ3) is 3.86. The van der Waals surface area contributed by atoms with E-state index in [-0.39, 0.29) is 5.54 Å². The van der Waals surface area contributed by atoms with Crippen LogP contribution in [-0.2, 0) is 6.54 Å². The zero-order valence-electron chi connectivity index (χ0n) is 11.0. The molecule has 1 aliphatic rings. The Morgan fingerprint density at radius 1 is 1.28 bits per heavy atom. The lowest BCUT2D eigenvalue weighted by Gasteiger charge is -2.30. The van der Waals surface area contributed by atoms with Crippen LogP contribution in [0.3, 0.4) is 0 Å². The van der Waals surface area contributed by atoms with E-state index < -0.39 is 0 Å². The largest absolute Gasteiger partial charge is 0.310 e. The van der Waals surface area contributed by atoms with Gasteiger partial charge in [-0.2, -0.15) is 0 Å². The van der Waals surface area contributed by atoms with Gasteiger partial charge in [-0.05, 0) is 51.1 Å². The Morgan fingerprint density at radius 2 is 2.06 bits per heavy atom. The van der Waals surface area contributed by atoms with Crippen LogP contribution in [0.25, 0.3) is 0 Å². The first kappa shape index (κ1) is 14.1. The van der Waals surface area contributed by atoms with Crippen molar-refractivity contribution in [3.63, 3.8) is 0 Å². The van der Waals surface area contributed by atoms with E-state index in [0.717, 1.165) is 26.2 Å². The smallest absolute Gasteiger partial charge is 0.0595 e. The molecule has 0 saturated carbocycles. The number of nitrogens with zero attached hydrogens (tertiary/aromatic N) is 1. The van der Waals surface area contributed by atoms with E-state index in [2.05, 4.69) is 30.1 Å². The molecule has 0 aromatic heterocycles. The van der Waals surface area contributed by atoms with Crippen LogP contribution in [0.15, 0.2) is 18.2 Å². The fourth-order valence-electron chi connectivity index (χ4n) is 2.45. The Labute approximate surface area is 119 Å². The Kier molecular flexibility index (Phi) is 4.54. The monoisotopic (exact) mass is 286 g/mol. The quantitative estimate of drug-likeness (QED) is 0.894. The van der Waals surface area contributed by atoms with Crippen LogP contribution < -0.4 is 5.32 Å². The molecule has 1 aromatic carbocycles. The topological polar surface area (TPSA) is 15.3 Å². The van der Waals surface area contributed by atoms with Crippen molar-refractivity contribution in [3.8, 4) is 0 Å². The van der Waals surface area contributed by atoms with Gasteiger partial charge in [0, 0.05) is 18.6 Å². The number of hydrogen-bond donors (Lipinski definition) is 1. The molecule has 1 fully saturated rings. The average molecular weight is 287 g/mol. The van der Waals surface area contributed by atoms with Crippen molar-refractivity contribution in [2.24, 2.45) is 0 Å². The van der Waals surface area contributed by atoms with Crippen molar-refractivity contribution in [3.05, 3.63) is 33.8 Å². The summed E-state index contributed by atoms with van der Waals surface area (Å²) in [6, 6.07) is 5.90. The highest BCUT2D eigenvalue weighted by atomic mass is 35.5. The van der Waals surface area contributed by atoms with Gasteiger partial charge in [-0.1, -0.05) is 29.3 Å². The minimum Gasteiger partial charge on any atom is -0.310 e. The maximum Gasteiger partial charge on any atom is 0.0595 e. The summed E-state index contributed by atoms with van der Waals surface area (Å²) in [4.78, 5) is 2.47. The molecule has 0 spiro atoms. The van der Waals surface area contributed by atoms with Gasteiger partial charge in [0.15, 0.2) is 0 Å². The summed E-state index contributed by atoms with van der Waals surface area (Å²) in [5.74, 6) is 0. The number of halogens is 2. The number of rotatable bonds is 2. The molecule has 0 atom stereocenters. The lowest BCUT2D eigenvalue weighted by Crippen LogP contribution is -2.46. The van der Waals surface area contributed by atoms with Gasteiger partial charge < -0.3 is 5.32 Å². The van der Waals surface area contributed by atoms with E-state index in [1.165, 1.54) is 12.0 Å². The van der Waals surface area contributed by atoms with Gasteiger partial charge in [-0.15, -0.1) is 0 Å². The Hall–Kier alpha value is -0.280. The Morgan fingerprint density at radius 3 is 2.78 bits per heavy atom. The molecule has 0 aliphatic carbocycles.